The fraction of sp³-hybridized carbons (Fsp3) is 0.351. The number of benzene rings is 3. The van der Waals surface area contributed by atoms with Gasteiger partial charge < -0.3 is 36.4 Å². The van der Waals surface area contributed by atoms with Crippen LogP contribution >= 0.6 is 0 Å². The molecule has 3 aromatic carbocycles. The van der Waals surface area contributed by atoms with Gasteiger partial charge in [0.25, 0.3) is 0 Å². The third-order valence-corrected chi connectivity index (χ3v) is 8.80. The number of anilines is 4. The third kappa shape index (κ3) is 9.01. The molecular weight excluding hydrogens is 616 g/mol. The summed E-state index contributed by atoms with van der Waals surface area (Å²) < 4.78 is 5.48. The normalized spacial score (nSPS) is 18.2. The number of aromatic nitrogens is 1. The molecular formula is C37H45KN6O3. The molecule has 242 valence electrons. The van der Waals surface area contributed by atoms with Crippen molar-refractivity contribution in [3.05, 3.63) is 108 Å². The van der Waals surface area contributed by atoms with Crippen LogP contribution in [0, 0.1) is 5.92 Å². The Morgan fingerprint density at radius 3 is 1.96 bits per heavy atom. The zero-order chi connectivity index (χ0) is 32.6. The molecule has 0 saturated carbocycles. The standard InChI is InChI=1S/C36H41N6O2.CH4O.K/c1-24(2)35(38)36(43)40-30-12-5-27(6-13-30)33-17-16-32(26-3-10-29(37)11-4-26)42(33)31-14-7-25(8-15-31)28-9-18-34(39-23-28)41-19-21-44-22-20-41;1-2;/h3-15,18,23-24,32-33,35,38H,16-17,19-22,37H2,1-2H3,(H,40,43);2H,1H3;/q-1;;+1. The smallest absolute Gasteiger partial charge is 0.667 e. The minimum absolute atomic E-state index is 0. The summed E-state index contributed by atoms with van der Waals surface area (Å²) in [6, 6.07) is 28.9. The molecule has 4 aromatic rings. The molecule has 3 atom stereocenters. The van der Waals surface area contributed by atoms with Gasteiger partial charge in [0.15, 0.2) is 0 Å². The number of carbonyl (C=O) groups excluding carboxylic acids is 1. The van der Waals surface area contributed by atoms with Gasteiger partial charge in [0.1, 0.15) is 5.82 Å². The number of rotatable bonds is 8. The van der Waals surface area contributed by atoms with E-state index in [0.29, 0.717) is 5.69 Å². The van der Waals surface area contributed by atoms with E-state index in [9.17, 15) is 4.79 Å². The fourth-order valence-electron chi connectivity index (χ4n) is 6.22. The molecule has 0 spiro atoms. The van der Waals surface area contributed by atoms with Crippen molar-refractivity contribution in [3.8, 4) is 11.1 Å². The van der Waals surface area contributed by atoms with Gasteiger partial charge in [-0.05, 0) is 78.1 Å². The van der Waals surface area contributed by atoms with Crippen LogP contribution in [0.2, 0.25) is 0 Å². The van der Waals surface area contributed by atoms with Gasteiger partial charge in [-0.3, -0.25) is 4.79 Å². The summed E-state index contributed by atoms with van der Waals surface area (Å²) in [7, 11) is 1.00. The van der Waals surface area contributed by atoms with Crippen molar-refractivity contribution in [1.82, 2.24) is 4.98 Å². The Hall–Kier alpha value is -2.80. The van der Waals surface area contributed by atoms with E-state index in [0.717, 1.165) is 74.6 Å². The Bertz CT molecular complexity index is 1540. The van der Waals surface area contributed by atoms with E-state index in [1.54, 1.807) is 0 Å². The van der Waals surface area contributed by atoms with Crippen molar-refractivity contribution in [1.29, 1.82) is 0 Å². The van der Waals surface area contributed by atoms with Crippen LogP contribution < -0.4 is 72.2 Å². The Kier molecular flexibility index (Phi) is 13.8. The molecule has 47 heavy (non-hydrogen) atoms. The first kappa shape index (κ1) is 37.0. The van der Waals surface area contributed by atoms with Crippen LogP contribution in [0.25, 0.3) is 16.9 Å². The van der Waals surface area contributed by atoms with Crippen molar-refractivity contribution in [3.63, 3.8) is 0 Å². The maximum absolute atomic E-state index is 12.4. The van der Waals surface area contributed by atoms with Gasteiger partial charge in [0, 0.05) is 49.0 Å². The van der Waals surface area contributed by atoms with Gasteiger partial charge in [0.05, 0.1) is 25.3 Å². The largest absolute Gasteiger partial charge is 1.00 e. The van der Waals surface area contributed by atoms with Crippen molar-refractivity contribution in [2.24, 2.45) is 5.92 Å². The molecule has 0 bridgehead atoms. The van der Waals surface area contributed by atoms with Gasteiger partial charge in [-0.1, -0.05) is 62.2 Å². The van der Waals surface area contributed by atoms with E-state index >= 15 is 0 Å². The van der Waals surface area contributed by atoms with Gasteiger partial charge in [-0.15, -0.1) is 0 Å². The molecule has 0 radical (unpaired) electrons. The molecule has 2 aliphatic rings. The molecule has 5 N–H and O–H groups in total. The maximum Gasteiger partial charge on any atom is 1.00 e. The number of hydrogen-bond acceptors (Lipinski definition) is 7. The number of ether oxygens (including phenoxy) is 1. The van der Waals surface area contributed by atoms with Gasteiger partial charge in [0.2, 0.25) is 5.91 Å². The summed E-state index contributed by atoms with van der Waals surface area (Å²) in [5.41, 5.74) is 21.4. The number of carbonyl (C=O) groups is 1. The van der Waals surface area contributed by atoms with Gasteiger partial charge >= 0.3 is 51.4 Å². The molecule has 6 rings (SSSR count). The Labute approximate surface area is 321 Å². The number of nitrogens with one attached hydrogen (secondary N) is 2. The molecule has 2 saturated heterocycles. The maximum atomic E-state index is 12.4. The van der Waals surface area contributed by atoms with Crippen LogP contribution in [-0.4, -0.2) is 55.5 Å². The molecule has 0 aliphatic carbocycles. The first-order chi connectivity index (χ1) is 22.4. The molecule has 9 nitrogen and oxygen atoms in total. The summed E-state index contributed by atoms with van der Waals surface area (Å²) in [5, 5.41) is 9.90. The number of morpholine rings is 1. The molecule has 3 unspecified atom stereocenters. The number of pyridine rings is 1. The van der Waals surface area contributed by atoms with Crippen LogP contribution in [0.4, 0.5) is 22.9 Å². The average molecular weight is 661 g/mol. The Morgan fingerprint density at radius 1 is 0.872 bits per heavy atom. The molecule has 1 amide bonds. The van der Waals surface area contributed by atoms with E-state index in [4.69, 9.17) is 26.3 Å². The summed E-state index contributed by atoms with van der Waals surface area (Å²) in [4.78, 5) is 22.0. The van der Waals surface area contributed by atoms with Crippen molar-refractivity contribution in [2.45, 2.75) is 44.8 Å². The number of nitrogen functional groups attached to an aromatic ring is 1. The predicted molar refractivity (Wildman–Crippen MR) is 187 cm³/mol. The SMILES string of the molecule is CC(C)C([NH-])C(=O)Nc1ccc(C2CCC(c3ccc(N)cc3)N2c2ccc(-c3ccc(N4CCOCC4)nc3)cc2)cc1.CO.[K+]. The van der Waals surface area contributed by atoms with Crippen LogP contribution in [0.3, 0.4) is 0 Å². The van der Waals surface area contributed by atoms with Crippen LogP contribution in [0.1, 0.15) is 49.9 Å². The molecule has 1 aromatic heterocycles. The first-order valence-corrected chi connectivity index (χ1v) is 16.0. The van der Waals surface area contributed by atoms with Gasteiger partial charge in [-0.25, -0.2) is 4.98 Å². The zero-order valence-corrected chi connectivity index (χ0v) is 31.0. The summed E-state index contributed by atoms with van der Waals surface area (Å²) in [5.74, 6) is 0.679. The minimum Gasteiger partial charge on any atom is -0.667 e. The second-order valence-electron chi connectivity index (χ2n) is 12.1. The first-order valence-electron chi connectivity index (χ1n) is 16.0. The molecule has 3 heterocycles. The number of amides is 1. The summed E-state index contributed by atoms with van der Waals surface area (Å²) >= 11 is 0. The topological polar surface area (TPSA) is 128 Å². The Balaban J connectivity index is 0.00000164. The number of nitrogens with two attached hydrogens (primary N) is 1. The van der Waals surface area contributed by atoms with Crippen LogP contribution in [-0.2, 0) is 9.53 Å². The second-order valence-corrected chi connectivity index (χ2v) is 12.1. The zero-order valence-electron chi connectivity index (χ0n) is 27.9. The summed E-state index contributed by atoms with van der Waals surface area (Å²) in [6.07, 6.45) is 3.97. The fourth-order valence-corrected chi connectivity index (χ4v) is 6.22. The number of aliphatic hydroxyl groups is 1. The van der Waals surface area contributed by atoms with E-state index < -0.39 is 6.04 Å². The molecule has 2 fully saturated rings. The average Bonchev–Trinajstić information content (AvgIpc) is 3.55. The quantitative estimate of drug-likeness (QED) is 0.193. The van der Waals surface area contributed by atoms with E-state index in [1.807, 2.05) is 44.3 Å². The van der Waals surface area contributed by atoms with E-state index in [1.165, 1.54) is 11.1 Å². The third-order valence-electron chi connectivity index (χ3n) is 8.80. The number of nitrogens with zero attached hydrogens (tertiary/aromatic N) is 3. The van der Waals surface area contributed by atoms with Gasteiger partial charge in [-0.2, -0.15) is 0 Å². The number of aliphatic hydroxyl groups excluding tert-OH is 1. The van der Waals surface area contributed by atoms with Crippen molar-refractivity contribution >= 4 is 28.8 Å². The predicted octanol–water partition coefficient (Wildman–Crippen LogP) is 3.88. The molecule has 2 aliphatic heterocycles. The van der Waals surface area contributed by atoms with Crippen LogP contribution in [0.5, 0.6) is 0 Å². The van der Waals surface area contributed by atoms with Crippen molar-refractivity contribution in [2.75, 3.05) is 54.3 Å². The summed E-state index contributed by atoms with van der Waals surface area (Å²) in [6.45, 7) is 7.00. The van der Waals surface area contributed by atoms with Crippen molar-refractivity contribution < 1.29 is 66.0 Å². The Morgan fingerprint density at radius 2 is 1.43 bits per heavy atom. The van der Waals surface area contributed by atoms with E-state index in [-0.39, 0.29) is 75.3 Å². The second kappa shape index (κ2) is 17.6. The number of hydrogen-bond donors (Lipinski definition) is 3. The van der Waals surface area contributed by atoms with E-state index in [2.05, 4.69) is 75.8 Å². The minimum atomic E-state index is -0.790. The van der Waals surface area contributed by atoms with Crippen LogP contribution in [0.15, 0.2) is 91.1 Å². The molecule has 10 heteroatoms. The monoisotopic (exact) mass is 660 g/mol.